The molecule has 254 valence electrons. The third-order valence-electron chi connectivity index (χ3n) is 8.11. The van der Waals surface area contributed by atoms with Crippen LogP contribution in [-0.2, 0) is 22.4 Å². The Balaban J connectivity index is 1.90. The van der Waals surface area contributed by atoms with Gasteiger partial charge < -0.3 is 10.2 Å². The topological polar surface area (TPSA) is 157 Å². The molecule has 10 nitrogen and oxygen atoms in total. The van der Waals surface area contributed by atoms with Crippen molar-refractivity contribution < 1.29 is 29.4 Å². The number of benzene rings is 2. The summed E-state index contributed by atoms with van der Waals surface area (Å²) in [6, 6.07) is 9.82. The standard InChI is InChI=1S/C36H54N4O6/c1-4-7-10-11-14-17-28(34(44)38-40-36(46)30-22-19-27(25-32(30)42)16-13-9-6-3)20-23-33(43)37-39-35(45)29-21-18-26(24-31(29)41)15-12-8-5-2/h18-19,21-22,24-25,28,41-42H,4-17,20,23H2,1-3H3,(H,37,43)(H,38,44)(H,39,45)(H,40,46). The molecule has 2 aromatic carbocycles. The Kier molecular flexibility index (Phi) is 17.9. The predicted molar refractivity (Wildman–Crippen MR) is 180 cm³/mol. The van der Waals surface area contributed by atoms with Crippen molar-refractivity contribution in [1.82, 2.24) is 21.7 Å². The number of hydrazine groups is 2. The van der Waals surface area contributed by atoms with E-state index in [1.807, 2.05) is 0 Å². The van der Waals surface area contributed by atoms with Crippen molar-refractivity contribution in [3.8, 4) is 11.5 Å². The summed E-state index contributed by atoms with van der Waals surface area (Å²) in [6.07, 6.45) is 13.7. The third kappa shape index (κ3) is 13.9. The Morgan fingerprint density at radius 1 is 0.587 bits per heavy atom. The van der Waals surface area contributed by atoms with Gasteiger partial charge in [0.05, 0.1) is 11.1 Å². The molecule has 2 rings (SSSR count). The van der Waals surface area contributed by atoms with Crippen molar-refractivity contribution in [2.45, 2.75) is 124 Å². The summed E-state index contributed by atoms with van der Waals surface area (Å²) >= 11 is 0. The smallest absolute Gasteiger partial charge is 0.273 e. The van der Waals surface area contributed by atoms with Crippen LogP contribution in [0.5, 0.6) is 11.5 Å². The fourth-order valence-electron chi connectivity index (χ4n) is 5.26. The number of hydrogen-bond acceptors (Lipinski definition) is 6. The largest absolute Gasteiger partial charge is 0.507 e. The summed E-state index contributed by atoms with van der Waals surface area (Å²) in [5, 5.41) is 20.7. The molecule has 2 aromatic rings. The summed E-state index contributed by atoms with van der Waals surface area (Å²) in [4.78, 5) is 51.0. The van der Waals surface area contributed by atoms with Crippen molar-refractivity contribution >= 4 is 23.6 Å². The highest BCUT2D eigenvalue weighted by Gasteiger charge is 2.22. The number of amides is 4. The molecule has 10 heteroatoms. The van der Waals surface area contributed by atoms with Crippen molar-refractivity contribution in [3.05, 3.63) is 58.7 Å². The number of phenols is 2. The summed E-state index contributed by atoms with van der Waals surface area (Å²) in [6.45, 7) is 6.36. The maximum atomic E-state index is 13.1. The molecule has 0 fully saturated rings. The van der Waals surface area contributed by atoms with E-state index in [-0.39, 0.29) is 35.5 Å². The molecule has 0 bridgehead atoms. The quantitative estimate of drug-likeness (QED) is 0.0714. The molecule has 0 saturated heterocycles. The van der Waals surface area contributed by atoms with Gasteiger partial charge in [0.1, 0.15) is 11.5 Å². The van der Waals surface area contributed by atoms with Crippen molar-refractivity contribution in [3.63, 3.8) is 0 Å². The molecule has 0 aliphatic carbocycles. The Bertz CT molecular complexity index is 1270. The predicted octanol–water partition coefficient (Wildman–Crippen LogP) is 6.54. The lowest BCUT2D eigenvalue weighted by atomic mass is 9.95. The van der Waals surface area contributed by atoms with Crippen LogP contribution in [0.1, 0.15) is 143 Å². The number of carbonyl (C=O) groups excluding carboxylic acids is 4. The van der Waals surface area contributed by atoms with Gasteiger partial charge in [-0.3, -0.25) is 40.9 Å². The van der Waals surface area contributed by atoms with Crippen LogP contribution in [0.15, 0.2) is 36.4 Å². The van der Waals surface area contributed by atoms with Crippen LogP contribution in [0.3, 0.4) is 0 Å². The second kappa shape index (κ2) is 21.6. The minimum absolute atomic E-state index is 0.0378. The molecule has 0 aliphatic heterocycles. The zero-order chi connectivity index (χ0) is 33.7. The van der Waals surface area contributed by atoms with Crippen LogP contribution in [0.2, 0.25) is 0 Å². The first-order chi connectivity index (χ1) is 22.2. The van der Waals surface area contributed by atoms with Gasteiger partial charge in [0.15, 0.2) is 0 Å². The van der Waals surface area contributed by atoms with E-state index in [4.69, 9.17) is 0 Å². The number of aryl methyl sites for hydroxylation is 2. The normalized spacial score (nSPS) is 11.5. The van der Waals surface area contributed by atoms with E-state index in [1.165, 1.54) is 6.07 Å². The van der Waals surface area contributed by atoms with Crippen LogP contribution < -0.4 is 21.7 Å². The lowest BCUT2D eigenvalue weighted by Crippen LogP contribution is -2.45. The number of rotatable bonds is 20. The zero-order valence-corrected chi connectivity index (χ0v) is 27.9. The molecular formula is C36H54N4O6. The molecule has 1 unspecified atom stereocenters. The maximum Gasteiger partial charge on any atom is 0.273 e. The SMILES string of the molecule is CCCCCCCC(CCC(=O)NNC(=O)c1ccc(CCCCC)cc1O)C(=O)NNC(=O)c1ccc(CCCCC)cc1O. The highest BCUT2D eigenvalue weighted by Crippen LogP contribution is 2.22. The molecule has 4 amide bonds. The Morgan fingerprint density at radius 3 is 1.57 bits per heavy atom. The van der Waals surface area contributed by atoms with Crippen LogP contribution >= 0.6 is 0 Å². The van der Waals surface area contributed by atoms with Gasteiger partial charge in [-0.15, -0.1) is 0 Å². The van der Waals surface area contributed by atoms with Gasteiger partial charge in [0.25, 0.3) is 11.8 Å². The van der Waals surface area contributed by atoms with Crippen LogP contribution in [-0.4, -0.2) is 33.8 Å². The summed E-state index contributed by atoms with van der Waals surface area (Å²) in [7, 11) is 0. The molecule has 0 heterocycles. The molecule has 0 aromatic heterocycles. The van der Waals surface area contributed by atoms with Crippen LogP contribution in [0.4, 0.5) is 0 Å². The van der Waals surface area contributed by atoms with Gasteiger partial charge in [0.2, 0.25) is 11.8 Å². The number of unbranched alkanes of at least 4 members (excludes halogenated alkanes) is 8. The minimum atomic E-state index is -0.642. The Labute approximate surface area is 274 Å². The number of carbonyl (C=O) groups is 4. The molecule has 1 atom stereocenters. The lowest BCUT2D eigenvalue weighted by Gasteiger charge is -2.18. The van der Waals surface area contributed by atoms with E-state index < -0.39 is 29.5 Å². The average molecular weight is 639 g/mol. The molecule has 46 heavy (non-hydrogen) atoms. The Morgan fingerprint density at radius 2 is 1.07 bits per heavy atom. The van der Waals surface area contributed by atoms with E-state index in [1.54, 1.807) is 30.3 Å². The maximum absolute atomic E-state index is 13.1. The van der Waals surface area contributed by atoms with E-state index in [2.05, 4.69) is 42.5 Å². The van der Waals surface area contributed by atoms with Crippen LogP contribution in [0.25, 0.3) is 0 Å². The van der Waals surface area contributed by atoms with Gasteiger partial charge in [-0.25, -0.2) is 0 Å². The van der Waals surface area contributed by atoms with E-state index in [0.29, 0.717) is 6.42 Å². The molecule has 0 aliphatic rings. The monoisotopic (exact) mass is 638 g/mol. The second-order valence-corrected chi connectivity index (χ2v) is 12.0. The first-order valence-corrected chi connectivity index (χ1v) is 17.0. The molecule has 0 radical (unpaired) electrons. The molecule has 0 spiro atoms. The number of hydrogen-bond donors (Lipinski definition) is 6. The first-order valence-electron chi connectivity index (χ1n) is 17.0. The second-order valence-electron chi connectivity index (χ2n) is 12.0. The number of aromatic hydroxyl groups is 2. The van der Waals surface area contributed by atoms with Gasteiger partial charge >= 0.3 is 0 Å². The van der Waals surface area contributed by atoms with E-state index in [9.17, 15) is 29.4 Å². The van der Waals surface area contributed by atoms with Crippen molar-refractivity contribution in [2.24, 2.45) is 5.92 Å². The first kappa shape index (κ1) is 38.1. The summed E-state index contributed by atoms with van der Waals surface area (Å²) in [5.74, 6) is -3.05. The van der Waals surface area contributed by atoms with Gasteiger partial charge in [-0.05, 0) is 73.9 Å². The summed E-state index contributed by atoms with van der Waals surface area (Å²) in [5.41, 5.74) is 11.5. The number of nitrogens with one attached hydrogen (secondary N) is 4. The van der Waals surface area contributed by atoms with Crippen molar-refractivity contribution in [2.75, 3.05) is 0 Å². The Hall–Kier alpha value is -4.08. The fraction of sp³-hybridized carbons (Fsp3) is 0.556. The minimum Gasteiger partial charge on any atom is -0.507 e. The van der Waals surface area contributed by atoms with Gasteiger partial charge in [-0.1, -0.05) is 90.7 Å². The zero-order valence-electron chi connectivity index (χ0n) is 27.9. The van der Waals surface area contributed by atoms with Gasteiger partial charge in [0, 0.05) is 12.3 Å². The third-order valence-corrected chi connectivity index (χ3v) is 8.11. The molecular weight excluding hydrogens is 584 g/mol. The number of phenolic OH excluding ortho intramolecular Hbond substituents is 2. The van der Waals surface area contributed by atoms with Crippen molar-refractivity contribution in [1.29, 1.82) is 0 Å². The molecule has 6 N–H and O–H groups in total. The molecule has 0 saturated carbocycles. The average Bonchev–Trinajstić information content (AvgIpc) is 3.04. The van der Waals surface area contributed by atoms with E-state index >= 15 is 0 Å². The lowest BCUT2D eigenvalue weighted by molar-refractivity contribution is -0.127. The highest BCUT2D eigenvalue weighted by atomic mass is 16.3. The highest BCUT2D eigenvalue weighted by molar-refractivity contribution is 5.98. The summed E-state index contributed by atoms with van der Waals surface area (Å²) < 4.78 is 0. The van der Waals surface area contributed by atoms with Gasteiger partial charge in [-0.2, -0.15) is 0 Å². The van der Waals surface area contributed by atoms with E-state index in [0.717, 1.165) is 94.6 Å². The fourth-order valence-corrected chi connectivity index (χ4v) is 5.26. The van der Waals surface area contributed by atoms with Crippen LogP contribution in [0, 0.1) is 5.92 Å².